The molecule has 5 nitrogen and oxygen atoms in total. The minimum absolute atomic E-state index is 0.0332. The second-order valence-electron chi connectivity index (χ2n) is 4.88. The highest BCUT2D eigenvalue weighted by Gasteiger charge is 2.18. The van der Waals surface area contributed by atoms with Crippen molar-refractivity contribution in [1.29, 1.82) is 0 Å². The predicted molar refractivity (Wildman–Crippen MR) is 76.6 cm³/mol. The zero-order chi connectivity index (χ0) is 14.3. The third-order valence-electron chi connectivity index (χ3n) is 3.71. The van der Waals surface area contributed by atoms with E-state index in [9.17, 15) is 4.79 Å². The zero-order valence-electron chi connectivity index (χ0n) is 11.3. The molecule has 2 N–H and O–H groups in total. The Hall–Kier alpha value is -2.56. The minimum Gasteiger partial charge on any atom is -0.481 e. The molecule has 102 valence electrons. The van der Waals surface area contributed by atoms with Crippen LogP contribution in [-0.2, 0) is 18.3 Å². The van der Waals surface area contributed by atoms with Crippen molar-refractivity contribution in [3.8, 4) is 11.3 Å². The number of carboxylic acids is 1. The second kappa shape index (κ2) is 4.52. The molecule has 0 fully saturated rings. The first-order valence-electron chi connectivity index (χ1n) is 6.38. The molecule has 0 spiro atoms. The van der Waals surface area contributed by atoms with Crippen LogP contribution in [0.5, 0.6) is 0 Å². The molecule has 1 aromatic carbocycles. The summed E-state index contributed by atoms with van der Waals surface area (Å²) in [7, 11) is 2.01. The summed E-state index contributed by atoms with van der Waals surface area (Å²) in [4.78, 5) is 11.0. The van der Waals surface area contributed by atoms with Gasteiger partial charge < -0.3 is 9.67 Å². The Labute approximate surface area is 115 Å². The van der Waals surface area contributed by atoms with Gasteiger partial charge in [-0.15, -0.1) is 0 Å². The second-order valence-corrected chi connectivity index (χ2v) is 4.88. The number of carbonyl (C=O) groups is 1. The third-order valence-corrected chi connectivity index (χ3v) is 3.71. The van der Waals surface area contributed by atoms with E-state index in [1.165, 1.54) is 0 Å². The normalized spacial score (nSPS) is 11.1. The first kappa shape index (κ1) is 12.5. The van der Waals surface area contributed by atoms with Gasteiger partial charge >= 0.3 is 5.97 Å². The number of hydrogen-bond acceptors (Lipinski definition) is 2. The Kier molecular flexibility index (Phi) is 2.82. The number of benzene rings is 1. The summed E-state index contributed by atoms with van der Waals surface area (Å²) in [5, 5.41) is 17.1. The summed E-state index contributed by atoms with van der Waals surface area (Å²) in [5.41, 5.74) is 4.73. The van der Waals surface area contributed by atoms with E-state index >= 15 is 0 Å². The van der Waals surface area contributed by atoms with Crippen LogP contribution in [-0.4, -0.2) is 25.8 Å². The topological polar surface area (TPSA) is 70.9 Å². The van der Waals surface area contributed by atoms with Crippen LogP contribution in [0.15, 0.2) is 30.5 Å². The van der Waals surface area contributed by atoms with Crippen LogP contribution in [0.1, 0.15) is 11.3 Å². The van der Waals surface area contributed by atoms with Gasteiger partial charge in [0.25, 0.3) is 0 Å². The standard InChI is InChI=1S/C15H15N3O2/c1-9-14(11-5-3-4-6-12(11)18(9)2)15-10(7-13(19)20)8-16-17-15/h3-6,8H,7H2,1-2H3,(H,16,17)(H,19,20). The van der Waals surface area contributed by atoms with Gasteiger partial charge in [0, 0.05) is 34.8 Å². The zero-order valence-corrected chi connectivity index (χ0v) is 11.3. The smallest absolute Gasteiger partial charge is 0.307 e. The molecule has 0 amide bonds. The number of carboxylic acid groups (broad SMARTS) is 1. The first-order valence-corrected chi connectivity index (χ1v) is 6.38. The third kappa shape index (κ3) is 1.79. The monoisotopic (exact) mass is 269 g/mol. The minimum atomic E-state index is -0.856. The Morgan fingerprint density at radius 1 is 1.40 bits per heavy atom. The van der Waals surface area contributed by atoms with Crippen molar-refractivity contribution in [3.05, 3.63) is 41.7 Å². The number of nitrogens with zero attached hydrogens (tertiary/aromatic N) is 2. The molecule has 5 heteroatoms. The molecule has 0 bridgehead atoms. The van der Waals surface area contributed by atoms with Gasteiger partial charge in [-0.05, 0) is 13.0 Å². The molecule has 0 aliphatic rings. The highest BCUT2D eigenvalue weighted by molar-refractivity contribution is 5.98. The molecule has 0 saturated carbocycles. The molecule has 0 atom stereocenters. The van der Waals surface area contributed by atoms with Crippen LogP contribution < -0.4 is 0 Å². The van der Waals surface area contributed by atoms with Gasteiger partial charge in [-0.1, -0.05) is 18.2 Å². The molecule has 0 unspecified atom stereocenters. The number of aryl methyl sites for hydroxylation is 1. The number of H-pyrrole nitrogens is 1. The molecule has 0 saturated heterocycles. The van der Waals surface area contributed by atoms with Gasteiger partial charge in [0.2, 0.25) is 0 Å². The van der Waals surface area contributed by atoms with Crippen molar-refractivity contribution < 1.29 is 9.90 Å². The largest absolute Gasteiger partial charge is 0.481 e. The lowest BCUT2D eigenvalue weighted by molar-refractivity contribution is -0.136. The molecule has 3 aromatic rings. The number of rotatable bonds is 3. The Balaban J connectivity index is 2.28. The fourth-order valence-corrected chi connectivity index (χ4v) is 2.66. The molecular weight excluding hydrogens is 254 g/mol. The molecule has 20 heavy (non-hydrogen) atoms. The molecular formula is C15H15N3O2. The van der Waals surface area contributed by atoms with Gasteiger partial charge in [-0.2, -0.15) is 5.10 Å². The summed E-state index contributed by atoms with van der Waals surface area (Å²) in [6.07, 6.45) is 1.55. The van der Waals surface area contributed by atoms with E-state index in [0.717, 1.165) is 27.9 Å². The summed E-state index contributed by atoms with van der Waals surface area (Å²) >= 11 is 0. The van der Waals surface area contributed by atoms with Crippen LogP contribution >= 0.6 is 0 Å². The van der Waals surface area contributed by atoms with Gasteiger partial charge in [0.05, 0.1) is 18.3 Å². The number of aromatic amines is 1. The van der Waals surface area contributed by atoms with Crippen LogP contribution in [0.4, 0.5) is 0 Å². The van der Waals surface area contributed by atoms with E-state index in [2.05, 4.69) is 20.8 Å². The van der Waals surface area contributed by atoms with Crippen LogP contribution in [0.25, 0.3) is 22.2 Å². The number of nitrogens with one attached hydrogen (secondary N) is 1. The first-order chi connectivity index (χ1) is 9.59. The molecule has 0 aliphatic heterocycles. The lowest BCUT2D eigenvalue weighted by Gasteiger charge is -2.03. The van der Waals surface area contributed by atoms with E-state index in [-0.39, 0.29) is 6.42 Å². The van der Waals surface area contributed by atoms with E-state index in [1.54, 1.807) is 6.20 Å². The maximum Gasteiger partial charge on any atom is 0.307 e. The lowest BCUT2D eigenvalue weighted by atomic mass is 10.0. The molecule has 3 rings (SSSR count). The van der Waals surface area contributed by atoms with Crippen LogP contribution in [0.3, 0.4) is 0 Å². The van der Waals surface area contributed by atoms with Gasteiger partial charge in [-0.3, -0.25) is 9.89 Å². The van der Waals surface area contributed by atoms with Crippen molar-refractivity contribution in [2.24, 2.45) is 7.05 Å². The number of aliphatic carboxylic acids is 1. The Morgan fingerprint density at radius 3 is 2.90 bits per heavy atom. The summed E-state index contributed by atoms with van der Waals surface area (Å²) in [6.45, 7) is 2.03. The maximum absolute atomic E-state index is 11.0. The van der Waals surface area contributed by atoms with Crippen molar-refractivity contribution in [2.75, 3.05) is 0 Å². The number of para-hydroxylation sites is 1. The van der Waals surface area contributed by atoms with E-state index in [4.69, 9.17) is 5.11 Å². The number of fused-ring (bicyclic) bond motifs is 1. The van der Waals surface area contributed by atoms with Gasteiger partial charge in [0.1, 0.15) is 0 Å². The van der Waals surface area contributed by atoms with E-state index < -0.39 is 5.97 Å². The quantitative estimate of drug-likeness (QED) is 0.767. The van der Waals surface area contributed by atoms with Crippen molar-refractivity contribution in [3.63, 3.8) is 0 Å². The summed E-state index contributed by atoms with van der Waals surface area (Å²) in [6, 6.07) is 8.08. The Morgan fingerprint density at radius 2 is 2.15 bits per heavy atom. The summed E-state index contributed by atoms with van der Waals surface area (Å²) in [5.74, 6) is -0.856. The summed E-state index contributed by atoms with van der Waals surface area (Å²) < 4.78 is 2.11. The van der Waals surface area contributed by atoms with Crippen molar-refractivity contribution in [1.82, 2.24) is 14.8 Å². The van der Waals surface area contributed by atoms with E-state index in [0.29, 0.717) is 5.56 Å². The highest BCUT2D eigenvalue weighted by Crippen LogP contribution is 2.34. The fraction of sp³-hybridized carbons (Fsp3) is 0.200. The number of aromatic nitrogens is 3. The average Bonchev–Trinajstić information content (AvgIpc) is 2.94. The van der Waals surface area contributed by atoms with Gasteiger partial charge in [0.15, 0.2) is 0 Å². The molecule has 2 aromatic heterocycles. The van der Waals surface area contributed by atoms with Crippen molar-refractivity contribution in [2.45, 2.75) is 13.3 Å². The number of hydrogen-bond donors (Lipinski definition) is 2. The van der Waals surface area contributed by atoms with E-state index in [1.807, 2.05) is 32.2 Å². The van der Waals surface area contributed by atoms with Crippen LogP contribution in [0.2, 0.25) is 0 Å². The lowest BCUT2D eigenvalue weighted by Crippen LogP contribution is -2.00. The average molecular weight is 269 g/mol. The highest BCUT2D eigenvalue weighted by atomic mass is 16.4. The van der Waals surface area contributed by atoms with Gasteiger partial charge in [-0.25, -0.2) is 0 Å². The predicted octanol–water partition coefficient (Wildman–Crippen LogP) is 2.50. The Bertz CT molecular complexity index is 799. The van der Waals surface area contributed by atoms with Crippen LogP contribution in [0, 0.1) is 6.92 Å². The SMILES string of the molecule is Cc1c(-c2[nH]ncc2CC(=O)O)c2ccccc2n1C. The molecule has 0 radical (unpaired) electrons. The molecule has 0 aliphatic carbocycles. The molecule has 2 heterocycles. The fourth-order valence-electron chi connectivity index (χ4n) is 2.66. The van der Waals surface area contributed by atoms with Crippen molar-refractivity contribution >= 4 is 16.9 Å². The maximum atomic E-state index is 11.0.